The zero-order chi connectivity index (χ0) is 14.3. The van der Waals surface area contributed by atoms with Crippen LogP contribution in [0.1, 0.15) is 23.2 Å². The van der Waals surface area contributed by atoms with Gasteiger partial charge in [0.2, 0.25) is 0 Å². The highest BCUT2D eigenvalue weighted by atomic mass is 19.1. The Morgan fingerprint density at radius 2 is 1.80 bits per heavy atom. The number of ether oxygens (including phenoxy) is 2. The monoisotopic (exact) mass is 279 g/mol. The average Bonchev–Trinajstić information content (AvgIpc) is 3.00. The highest BCUT2D eigenvalue weighted by molar-refractivity contribution is 5.42. The molecule has 1 aliphatic rings. The van der Waals surface area contributed by atoms with E-state index in [-0.39, 0.29) is 0 Å². The van der Waals surface area contributed by atoms with Gasteiger partial charge in [0, 0.05) is 23.0 Å². The maximum Gasteiger partial charge on any atom is 0.185 e. The topological polar surface area (TPSA) is 23.4 Å². The lowest BCUT2D eigenvalue weighted by atomic mass is 10.2. The Labute approximate surface area is 115 Å². The van der Waals surface area contributed by atoms with E-state index in [0.29, 0.717) is 18.9 Å². The number of halogens is 2. The molecule has 0 unspecified atom stereocenters. The van der Waals surface area contributed by atoms with Crippen molar-refractivity contribution in [2.75, 3.05) is 13.2 Å². The Bertz CT molecular complexity index is 646. The lowest BCUT2D eigenvalue weighted by molar-refractivity contribution is -0.0445. The third-order valence-electron chi connectivity index (χ3n) is 3.50. The van der Waals surface area contributed by atoms with Crippen molar-refractivity contribution in [3.8, 4) is 5.69 Å². The van der Waals surface area contributed by atoms with Gasteiger partial charge in [-0.15, -0.1) is 0 Å². The third kappa shape index (κ3) is 2.13. The molecule has 3 nitrogen and oxygen atoms in total. The second kappa shape index (κ2) is 5.00. The molecule has 106 valence electrons. The molecule has 5 heteroatoms. The Balaban J connectivity index is 2.09. The van der Waals surface area contributed by atoms with E-state index in [9.17, 15) is 8.78 Å². The van der Waals surface area contributed by atoms with Gasteiger partial charge in [-0.1, -0.05) is 0 Å². The lowest BCUT2D eigenvalue weighted by Crippen LogP contribution is -2.05. The molecule has 0 saturated carbocycles. The van der Waals surface area contributed by atoms with E-state index in [0.717, 1.165) is 23.0 Å². The number of hydrogen-bond acceptors (Lipinski definition) is 2. The summed E-state index contributed by atoms with van der Waals surface area (Å²) in [5.41, 5.74) is 2.89. The normalized spacial score (nSPS) is 16.0. The molecular weight excluding hydrogens is 264 g/mol. The van der Waals surface area contributed by atoms with E-state index in [1.54, 1.807) is 4.57 Å². The molecule has 20 heavy (non-hydrogen) atoms. The first kappa shape index (κ1) is 13.3. The van der Waals surface area contributed by atoms with Crippen LogP contribution >= 0.6 is 0 Å². The van der Waals surface area contributed by atoms with Crippen LogP contribution in [0.25, 0.3) is 5.69 Å². The zero-order valence-electron chi connectivity index (χ0n) is 11.3. The van der Waals surface area contributed by atoms with Crippen LogP contribution in [-0.4, -0.2) is 17.8 Å². The van der Waals surface area contributed by atoms with E-state index in [4.69, 9.17) is 9.47 Å². The van der Waals surface area contributed by atoms with Gasteiger partial charge in [0.05, 0.1) is 18.9 Å². The van der Waals surface area contributed by atoms with Crippen LogP contribution in [0.4, 0.5) is 8.78 Å². The molecule has 0 atom stereocenters. The van der Waals surface area contributed by atoms with Crippen LogP contribution in [-0.2, 0) is 9.47 Å². The van der Waals surface area contributed by atoms with Crippen molar-refractivity contribution >= 4 is 0 Å². The molecule has 0 spiro atoms. The molecule has 1 saturated heterocycles. The number of benzene rings is 1. The van der Waals surface area contributed by atoms with Crippen molar-refractivity contribution < 1.29 is 18.3 Å². The highest BCUT2D eigenvalue weighted by Crippen LogP contribution is 2.31. The smallest absolute Gasteiger partial charge is 0.185 e. The molecule has 2 heterocycles. The fourth-order valence-electron chi connectivity index (χ4n) is 2.60. The molecule has 0 N–H and O–H groups in total. The van der Waals surface area contributed by atoms with Gasteiger partial charge in [-0.05, 0) is 32.0 Å². The standard InChI is InChI=1S/C15H15F2NO2/c1-9-7-12(15-19-5-6-20-15)10(2)18(9)14-4-3-11(16)8-13(14)17/h3-4,7-8,15H,5-6H2,1-2H3. The molecule has 1 aliphatic heterocycles. The zero-order valence-corrected chi connectivity index (χ0v) is 11.3. The minimum Gasteiger partial charge on any atom is -0.346 e. The van der Waals surface area contributed by atoms with Crippen molar-refractivity contribution in [2.24, 2.45) is 0 Å². The second-order valence-corrected chi connectivity index (χ2v) is 4.83. The van der Waals surface area contributed by atoms with E-state index >= 15 is 0 Å². The number of rotatable bonds is 2. The van der Waals surface area contributed by atoms with Gasteiger partial charge < -0.3 is 14.0 Å². The van der Waals surface area contributed by atoms with Crippen molar-refractivity contribution in [1.82, 2.24) is 4.57 Å². The van der Waals surface area contributed by atoms with Crippen molar-refractivity contribution in [3.63, 3.8) is 0 Å². The van der Waals surface area contributed by atoms with Gasteiger partial charge >= 0.3 is 0 Å². The quantitative estimate of drug-likeness (QED) is 0.841. The number of nitrogens with zero attached hydrogens (tertiary/aromatic N) is 1. The fraction of sp³-hybridized carbons (Fsp3) is 0.333. The van der Waals surface area contributed by atoms with Gasteiger partial charge in [0.15, 0.2) is 6.29 Å². The number of hydrogen-bond donors (Lipinski definition) is 0. The summed E-state index contributed by atoms with van der Waals surface area (Å²) < 4.78 is 39.7. The Kier molecular flexibility index (Phi) is 3.31. The molecule has 1 aromatic carbocycles. The van der Waals surface area contributed by atoms with Gasteiger partial charge in [-0.25, -0.2) is 8.78 Å². The van der Waals surface area contributed by atoms with E-state index < -0.39 is 17.9 Å². The lowest BCUT2D eigenvalue weighted by Gasteiger charge is -2.13. The Morgan fingerprint density at radius 3 is 2.45 bits per heavy atom. The fourth-order valence-corrected chi connectivity index (χ4v) is 2.60. The molecule has 2 aromatic rings. The SMILES string of the molecule is Cc1cc(C2OCCO2)c(C)n1-c1ccc(F)cc1F. The first-order valence-electron chi connectivity index (χ1n) is 6.45. The number of aryl methyl sites for hydroxylation is 1. The Morgan fingerprint density at radius 1 is 1.10 bits per heavy atom. The van der Waals surface area contributed by atoms with Gasteiger partial charge in [0.1, 0.15) is 11.6 Å². The summed E-state index contributed by atoms with van der Waals surface area (Å²) >= 11 is 0. The number of aromatic nitrogens is 1. The predicted octanol–water partition coefficient (Wildman–Crippen LogP) is 3.42. The minimum absolute atomic E-state index is 0.325. The van der Waals surface area contributed by atoms with Crippen LogP contribution in [0.2, 0.25) is 0 Å². The summed E-state index contributed by atoms with van der Waals surface area (Å²) in [5.74, 6) is -1.18. The molecule has 1 fully saturated rings. The first-order chi connectivity index (χ1) is 9.58. The summed E-state index contributed by atoms with van der Waals surface area (Å²) in [6.45, 7) is 4.85. The van der Waals surface area contributed by atoms with Crippen molar-refractivity contribution in [3.05, 3.63) is 52.9 Å². The van der Waals surface area contributed by atoms with E-state index in [1.807, 2.05) is 19.9 Å². The maximum absolute atomic E-state index is 14.0. The highest BCUT2D eigenvalue weighted by Gasteiger charge is 2.24. The summed E-state index contributed by atoms with van der Waals surface area (Å²) in [6, 6.07) is 5.48. The van der Waals surface area contributed by atoms with Gasteiger partial charge in [0.25, 0.3) is 0 Å². The van der Waals surface area contributed by atoms with Crippen molar-refractivity contribution in [2.45, 2.75) is 20.1 Å². The first-order valence-corrected chi connectivity index (χ1v) is 6.45. The van der Waals surface area contributed by atoms with Crippen molar-refractivity contribution in [1.29, 1.82) is 0 Å². The second-order valence-electron chi connectivity index (χ2n) is 4.83. The molecule has 3 rings (SSSR count). The summed E-state index contributed by atoms with van der Waals surface area (Å²) in [6.07, 6.45) is -0.404. The predicted molar refractivity (Wildman–Crippen MR) is 69.8 cm³/mol. The summed E-state index contributed by atoms with van der Waals surface area (Å²) in [4.78, 5) is 0. The Hall–Kier alpha value is -1.72. The maximum atomic E-state index is 14.0. The molecule has 0 aliphatic carbocycles. The van der Waals surface area contributed by atoms with Crippen LogP contribution in [0, 0.1) is 25.5 Å². The largest absolute Gasteiger partial charge is 0.346 e. The molecule has 1 aromatic heterocycles. The molecule has 0 radical (unpaired) electrons. The minimum atomic E-state index is -0.591. The van der Waals surface area contributed by atoms with Crippen LogP contribution in [0.15, 0.2) is 24.3 Å². The van der Waals surface area contributed by atoms with Crippen LogP contribution < -0.4 is 0 Å². The van der Waals surface area contributed by atoms with E-state index in [1.165, 1.54) is 12.1 Å². The molecular formula is C15H15F2NO2. The van der Waals surface area contributed by atoms with Gasteiger partial charge in [-0.2, -0.15) is 0 Å². The summed E-state index contributed by atoms with van der Waals surface area (Å²) in [7, 11) is 0. The van der Waals surface area contributed by atoms with Crippen LogP contribution in [0.3, 0.4) is 0 Å². The molecule has 0 bridgehead atoms. The molecule has 0 amide bonds. The van der Waals surface area contributed by atoms with Gasteiger partial charge in [-0.3, -0.25) is 0 Å². The van der Waals surface area contributed by atoms with Crippen LogP contribution in [0.5, 0.6) is 0 Å². The van der Waals surface area contributed by atoms with E-state index in [2.05, 4.69) is 0 Å². The summed E-state index contributed by atoms with van der Waals surface area (Å²) in [5, 5.41) is 0. The average molecular weight is 279 g/mol. The third-order valence-corrected chi connectivity index (χ3v) is 3.50.